The van der Waals surface area contributed by atoms with Crippen LogP contribution < -0.4 is 10.2 Å². The van der Waals surface area contributed by atoms with Gasteiger partial charge in [-0.2, -0.15) is 0 Å². The molecule has 1 aliphatic rings. The second-order valence-corrected chi connectivity index (χ2v) is 5.13. The Kier molecular flexibility index (Phi) is 4.42. The molecule has 0 amide bonds. The Morgan fingerprint density at radius 3 is 2.67 bits per heavy atom. The Morgan fingerprint density at radius 1 is 1.19 bits per heavy atom. The predicted octanol–water partition coefficient (Wildman–Crippen LogP) is 0.506. The minimum atomic E-state index is 0.739. The SMILES string of the molecule is CNCc1cc(CN2CCN(c3ncccn3)CC2)on1. The van der Waals surface area contributed by atoms with Gasteiger partial charge in [0.15, 0.2) is 5.76 Å². The Labute approximate surface area is 124 Å². The largest absolute Gasteiger partial charge is 0.360 e. The highest BCUT2D eigenvalue weighted by atomic mass is 16.5. The van der Waals surface area contributed by atoms with Crippen LogP contribution in [0.1, 0.15) is 11.5 Å². The van der Waals surface area contributed by atoms with E-state index in [2.05, 4.69) is 30.2 Å². The number of nitrogens with zero attached hydrogens (tertiary/aromatic N) is 5. The summed E-state index contributed by atoms with van der Waals surface area (Å²) in [6.07, 6.45) is 3.57. The molecule has 0 bridgehead atoms. The maximum atomic E-state index is 5.36. The first-order chi connectivity index (χ1) is 10.3. The van der Waals surface area contributed by atoms with E-state index in [4.69, 9.17) is 4.52 Å². The highest BCUT2D eigenvalue weighted by Crippen LogP contribution is 2.13. The van der Waals surface area contributed by atoms with E-state index in [0.29, 0.717) is 0 Å². The van der Waals surface area contributed by atoms with Gasteiger partial charge in [-0.3, -0.25) is 4.90 Å². The zero-order chi connectivity index (χ0) is 14.5. The number of anilines is 1. The Balaban J connectivity index is 1.51. The molecular weight excluding hydrogens is 268 g/mol. The maximum Gasteiger partial charge on any atom is 0.225 e. The number of rotatable bonds is 5. The van der Waals surface area contributed by atoms with E-state index >= 15 is 0 Å². The van der Waals surface area contributed by atoms with Gasteiger partial charge in [0.2, 0.25) is 5.95 Å². The average Bonchev–Trinajstić information content (AvgIpc) is 2.97. The van der Waals surface area contributed by atoms with E-state index in [1.54, 1.807) is 12.4 Å². The molecule has 21 heavy (non-hydrogen) atoms. The number of hydrogen-bond donors (Lipinski definition) is 1. The predicted molar refractivity (Wildman–Crippen MR) is 78.8 cm³/mol. The maximum absolute atomic E-state index is 5.36. The molecule has 0 aliphatic carbocycles. The third kappa shape index (κ3) is 3.56. The summed E-state index contributed by atoms with van der Waals surface area (Å²) in [5.41, 5.74) is 0.948. The lowest BCUT2D eigenvalue weighted by Crippen LogP contribution is -2.46. The van der Waals surface area contributed by atoms with Crippen molar-refractivity contribution in [1.29, 1.82) is 0 Å². The minimum absolute atomic E-state index is 0.739. The number of hydrogen-bond acceptors (Lipinski definition) is 7. The molecule has 2 aromatic rings. The van der Waals surface area contributed by atoms with Gasteiger partial charge in [-0.15, -0.1) is 0 Å². The highest BCUT2D eigenvalue weighted by molar-refractivity contribution is 5.29. The van der Waals surface area contributed by atoms with Gasteiger partial charge in [0.05, 0.1) is 12.2 Å². The molecule has 3 heterocycles. The Bertz CT molecular complexity index is 550. The van der Waals surface area contributed by atoms with Crippen molar-refractivity contribution in [2.75, 3.05) is 38.1 Å². The highest BCUT2D eigenvalue weighted by Gasteiger charge is 2.19. The molecule has 0 aromatic carbocycles. The molecule has 1 fully saturated rings. The molecule has 112 valence electrons. The number of piperazine rings is 1. The molecule has 2 aromatic heterocycles. The molecular formula is C14H20N6O. The van der Waals surface area contributed by atoms with Crippen molar-refractivity contribution in [1.82, 2.24) is 25.3 Å². The molecule has 3 rings (SSSR count). The van der Waals surface area contributed by atoms with Crippen LogP contribution in [0, 0.1) is 0 Å². The lowest BCUT2D eigenvalue weighted by molar-refractivity contribution is 0.218. The third-order valence-electron chi connectivity index (χ3n) is 3.55. The van der Waals surface area contributed by atoms with Crippen molar-refractivity contribution in [3.8, 4) is 0 Å². The average molecular weight is 288 g/mol. The van der Waals surface area contributed by atoms with Gasteiger partial charge in [0.25, 0.3) is 0 Å². The molecule has 0 atom stereocenters. The summed E-state index contributed by atoms with van der Waals surface area (Å²) >= 11 is 0. The standard InChI is InChI=1S/C14H20N6O/c1-15-10-12-9-13(21-18-12)11-19-5-7-20(8-6-19)14-16-3-2-4-17-14/h2-4,9,15H,5-8,10-11H2,1H3. The van der Waals surface area contributed by atoms with Crippen LogP contribution in [0.2, 0.25) is 0 Å². The van der Waals surface area contributed by atoms with Gasteiger partial charge in [-0.05, 0) is 13.1 Å². The quantitative estimate of drug-likeness (QED) is 0.859. The number of nitrogens with one attached hydrogen (secondary N) is 1. The summed E-state index contributed by atoms with van der Waals surface area (Å²) < 4.78 is 5.36. The fraction of sp³-hybridized carbons (Fsp3) is 0.500. The van der Waals surface area contributed by atoms with E-state index in [-0.39, 0.29) is 0 Å². The van der Waals surface area contributed by atoms with Crippen LogP contribution >= 0.6 is 0 Å². The van der Waals surface area contributed by atoms with Crippen LogP contribution in [0.3, 0.4) is 0 Å². The van der Waals surface area contributed by atoms with E-state index in [9.17, 15) is 0 Å². The first-order valence-corrected chi connectivity index (χ1v) is 7.18. The fourth-order valence-corrected chi connectivity index (χ4v) is 2.48. The van der Waals surface area contributed by atoms with Crippen molar-refractivity contribution >= 4 is 5.95 Å². The van der Waals surface area contributed by atoms with Crippen LogP contribution in [-0.2, 0) is 13.1 Å². The molecule has 0 radical (unpaired) electrons. The van der Waals surface area contributed by atoms with Crippen molar-refractivity contribution in [2.24, 2.45) is 0 Å². The van der Waals surface area contributed by atoms with Crippen molar-refractivity contribution < 1.29 is 4.52 Å². The lowest BCUT2D eigenvalue weighted by Gasteiger charge is -2.33. The molecule has 1 saturated heterocycles. The van der Waals surface area contributed by atoms with Crippen LogP contribution in [-0.4, -0.2) is 53.3 Å². The minimum Gasteiger partial charge on any atom is -0.360 e. The van der Waals surface area contributed by atoms with Crippen molar-refractivity contribution in [3.05, 3.63) is 36.0 Å². The zero-order valence-corrected chi connectivity index (χ0v) is 12.2. The fourth-order valence-electron chi connectivity index (χ4n) is 2.48. The zero-order valence-electron chi connectivity index (χ0n) is 12.2. The molecule has 1 aliphatic heterocycles. The Hall–Kier alpha value is -1.99. The second kappa shape index (κ2) is 6.64. The summed E-state index contributed by atoms with van der Waals surface area (Å²) in [4.78, 5) is 13.2. The topological polar surface area (TPSA) is 70.3 Å². The van der Waals surface area contributed by atoms with Gasteiger partial charge >= 0.3 is 0 Å². The summed E-state index contributed by atoms with van der Waals surface area (Å²) in [6, 6.07) is 3.86. The van der Waals surface area contributed by atoms with Crippen LogP contribution in [0.4, 0.5) is 5.95 Å². The summed E-state index contributed by atoms with van der Waals surface area (Å²) in [5.74, 6) is 1.73. The summed E-state index contributed by atoms with van der Waals surface area (Å²) in [5, 5.41) is 7.11. The third-order valence-corrected chi connectivity index (χ3v) is 3.55. The molecule has 7 heteroatoms. The normalized spacial score (nSPS) is 16.3. The van der Waals surface area contributed by atoms with Gasteiger partial charge in [-0.1, -0.05) is 5.16 Å². The monoisotopic (exact) mass is 288 g/mol. The van der Waals surface area contributed by atoms with Gasteiger partial charge < -0.3 is 14.7 Å². The van der Waals surface area contributed by atoms with E-state index in [1.807, 2.05) is 19.2 Å². The van der Waals surface area contributed by atoms with Gasteiger partial charge in [0, 0.05) is 51.2 Å². The van der Waals surface area contributed by atoms with Gasteiger partial charge in [-0.25, -0.2) is 9.97 Å². The van der Waals surface area contributed by atoms with Crippen molar-refractivity contribution in [2.45, 2.75) is 13.1 Å². The lowest BCUT2D eigenvalue weighted by atomic mass is 10.3. The van der Waals surface area contributed by atoms with Crippen LogP contribution in [0.15, 0.2) is 29.0 Å². The van der Waals surface area contributed by atoms with Crippen LogP contribution in [0.5, 0.6) is 0 Å². The van der Waals surface area contributed by atoms with Gasteiger partial charge in [0.1, 0.15) is 0 Å². The second-order valence-electron chi connectivity index (χ2n) is 5.13. The van der Waals surface area contributed by atoms with Crippen molar-refractivity contribution in [3.63, 3.8) is 0 Å². The van der Waals surface area contributed by atoms with E-state index in [0.717, 1.165) is 56.7 Å². The molecule has 1 N–H and O–H groups in total. The Morgan fingerprint density at radius 2 is 1.95 bits per heavy atom. The van der Waals surface area contributed by atoms with E-state index in [1.165, 1.54) is 0 Å². The smallest absolute Gasteiger partial charge is 0.225 e. The van der Waals surface area contributed by atoms with Crippen LogP contribution in [0.25, 0.3) is 0 Å². The molecule has 0 saturated carbocycles. The first-order valence-electron chi connectivity index (χ1n) is 7.18. The summed E-state index contributed by atoms with van der Waals surface area (Å²) in [6.45, 7) is 5.35. The summed E-state index contributed by atoms with van der Waals surface area (Å²) in [7, 11) is 1.90. The molecule has 0 spiro atoms. The first kappa shape index (κ1) is 14.0. The number of aromatic nitrogens is 3. The molecule has 0 unspecified atom stereocenters. The molecule has 7 nitrogen and oxygen atoms in total. The van der Waals surface area contributed by atoms with E-state index < -0.39 is 0 Å².